The fraction of sp³-hybridized carbons (Fsp3) is 0.462. The summed E-state index contributed by atoms with van der Waals surface area (Å²) in [4.78, 5) is 0.114. The second-order valence-corrected chi connectivity index (χ2v) is 7.21. The summed E-state index contributed by atoms with van der Waals surface area (Å²) in [6.07, 6.45) is 0.791. The third kappa shape index (κ3) is 3.93. The molecule has 0 bridgehead atoms. The Labute approximate surface area is 119 Å². The van der Waals surface area contributed by atoms with Gasteiger partial charge in [-0.2, -0.15) is 5.26 Å². The van der Waals surface area contributed by atoms with Gasteiger partial charge in [-0.1, -0.05) is 25.4 Å². The zero-order valence-corrected chi connectivity index (χ0v) is 12.8. The average molecular weight is 301 g/mol. The Balaban J connectivity index is 3.01. The lowest BCUT2D eigenvalue weighted by Gasteiger charge is -2.18. The van der Waals surface area contributed by atoms with Crippen molar-refractivity contribution in [1.29, 1.82) is 5.26 Å². The summed E-state index contributed by atoms with van der Waals surface area (Å²) in [5.74, 6) is 0.433. The van der Waals surface area contributed by atoms with Crippen molar-refractivity contribution in [2.75, 3.05) is 13.6 Å². The molecule has 0 fully saturated rings. The van der Waals surface area contributed by atoms with Gasteiger partial charge in [0.25, 0.3) is 0 Å². The number of sulfonamides is 1. The van der Waals surface area contributed by atoms with Gasteiger partial charge in [0, 0.05) is 13.6 Å². The highest BCUT2D eigenvalue weighted by Gasteiger charge is 2.21. The van der Waals surface area contributed by atoms with Crippen LogP contribution in [0.4, 0.5) is 0 Å². The van der Waals surface area contributed by atoms with Crippen molar-refractivity contribution >= 4 is 21.6 Å². The molecule has 0 saturated carbocycles. The molecule has 6 heteroatoms. The van der Waals surface area contributed by atoms with Gasteiger partial charge in [0.1, 0.15) is 6.07 Å². The number of nitrogens with zero attached hydrogens (tertiary/aromatic N) is 2. The van der Waals surface area contributed by atoms with E-state index in [4.69, 9.17) is 16.9 Å². The first-order valence-electron chi connectivity index (χ1n) is 5.95. The Kier molecular flexibility index (Phi) is 5.36. The molecule has 0 aliphatic rings. The molecule has 0 unspecified atom stereocenters. The predicted octanol–water partition coefficient (Wildman–Crippen LogP) is 2.88. The number of hydrogen-bond donors (Lipinski definition) is 0. The molecule has 0 N–H and O–H groups in total. The number of rotatable bonds is 5. The molecule has 0 heterocycles. The van der Waals surface area contributed by atoms with E-state index < -0.39 is 10.0 Å². The Morgan fingerprint density at radius 2 is 2.05 bits per heavy atom. The highest BCUT2D eigenvalue weighted by atomic mass is 35.5. The van der Waals surface area contributed by atoms with E-state index in [-0.39, 0.29) is 15.5 Å². The van der Waals surface area contributed by atoms with Gasteiger partial charge in [-0.15, -0.1) is 0 Å². The molecule has 0 spiro atoms. The lowest BCUT2D eigenvalue weighted by atomic mass is 10.1. The van der Waals surface area contributed by atoms with Crippen molar-refractivity contribution < 1.29 is 8.42 Å². The minimum Gasteiger partial charge on any atom is -0.207 e. The van der Waals surface area contributed by atoms with Crippen molar-refractivity contribution in [3.05, 3.63) is 28.8 Å². The summed E-state index contributed by atoms with van der Waals surface area (Å²) in [5, 5.41) is 8.93. The summed E-state index contributed by atoms with van der Waals surface area (Å²) in [7, 11) is -2.00. The van der Waals surface area contributed by atoms with Crippen LogP contribution in [0.5, 0.6) is 0 Å². The normalized spacial score (nSPS) is 11.8. The molecule has 1 rings (SSSR count). The highest BCUT2D eigenvalue weighted by molar-refractivity contribution is 7.89. The van der Waals surface area contributed by atoms with Gasteiger partial charge >= 0.3 is 0 Å². The molecular formula is C13H17ClN2O2S. The predicted molar refractivity (Wildman–Crippen MR) is 75.4 cm³/mol. The van der Waals surface area contributed by atoms with Gasteiger partial charge in [0.2, 0.25) is 10.0 Å². The molecule has 1 aromatic carbocycles. The fourth-order valence-electron chi connectivity index (χ4n) is 1.49. The smallest absolute Gasteiger partial charge is 0.207 e. The first kappa shape index (κ1) is 16.0. The molecule has 104 valence electrons. The number of nitriles is 1. The molecule has 0 aliphatic heterocycles. The number of halogens is 1. The van der Waals surface area contributed by atoms with Crippen molar-refractivity contribution in [1.82, 2.24) is 4.31 Å². The molecule has 0 radical (unpaired) electrons. The zero-order chi connectivity index (χ0) is 14.6. The first-order valence-corrected chi connectivity index (χ1v) is 7.77. The maximum Gasteiger partial charge on any atom is 0.242 e. The van der Waals surface area contributed by atoms with Gasteiger partial charge in [-0.3, -0.25) is 0 Å². The van der Waals surface area contributed by atoms with Crippen molar-refractivity contribution in [2.24, 2.45) is 5.92 Å². The Bertz CT molecular complexity index is 591. The standard InChI is InChI=1S/C13H17ClN2O2S/c1-10(2)6-7-16(3)19(17,18)12-5-4-11(9-15)13(14)8-12/h4-5,8,10H,6-7H2,1-3H3. The van der Waals surface area contributed by atoms with Gasteiger partial charge in [0.15, 0.2) is 0 Å². The number of benzene rings is 1. The summed E-state index contributed by atoms with van der Waals surface area (Å²) >= 11 is 5.86. The molecular weight excluding hydrogens is 284 g/mol. The molecule has 0 aliphatic carbocycles. The zero-order valence-electron chi connectivity index (χ0n) is 11.2. The van der Waals surface area contributed by atoms with E-state index in [9.17, 15) is 8.42 Å². The molecule has 0 atom stereocenters. The van der Waals surface area contributed by atoms with Crippen LogP contribution in [0.15, 0.2) is 23.1 Å². The van der Waals surface area contributed by atoms with Crippen LogP contribution in [-0.4, -0.2) is 26.3 Å². The van der Waals surface area contributed by atoms with E-state index in [0.717, 1.165) is 6.42 Å². The molecule has 4 nitrogen and oxygen atoms in total. The van der Waals surface area contributed by atoms with Crippen LogP contribution in [0.25, 0.3) is 0 Å². The highest BCUT2D eigenvalue weighted by Crippen LogP contribution is 2.22. The molecule has 0 saturated heterocycles. The van der Waals surface area contributed by atoms with Crippen LogP contribution in [0.1, 0.15) is 25.8 Å². The monoisotopic (exact) mass is 300 g/mol. The summed E-state index contributed by atoms with van der Waals surface area (Å²) < 4.78 is 25.9. The van der Waals surface area contributed by atoms with Gasteiger partial charge in [-0.25, -0.2) is 12.7 Å². The van der Waals surface area contributed by atoms with E-state index in [0.29, 0.717) is 12.5 Å². The average Bonchev–Trinajstić information content (AvgIpc) is 2.35. The van der Waals surface area contributed by atoms with Gasteiger partial charge in [-0.05, 0) is 30.5 Å². The van der Waals surface area contributed by atoms with E-state index >= 15 is 0 Å². The molecule has 0 amide bonds. The van der Waals surface area contributed by atoms with Crippen LogP contribution in [0.2, 0.25) is 5.02 Å². The summed E-state index contributed by atoms with van der Waals surface area (Å²) in [6.45, 7) is 4.54. The fourth-order valence-corrected chi connectivity index (χ4v) is 2.99. The topological polar surface area (TPSA) is 61.2 Å². The minimum absolute atomic E-state index is 0.114. The van der Waals surface area contributed by atoms with E-state index in [1.54, 1.807) is 7.05 Å². The molecule has 19 heavy (non-hydrogen) atoms. The quantitative estimate of drug-likeness (QED) is 0.840. The van der Waals surface area contributed by atoms with Crippen LogP contribution < -0.4 is 0 Å². The van der Waals surface area contributed by atoms with Crippen LogP contribution in [0, 0.1) is 17.2 Å². The lowest BCUT2D eigenvalue weighted by Crippen LogP contribution is -2.28. The molecule has 0 aromatic heterocycles. The Morgan fingerprint density at radius 3 is 2.53 bits per heavy atom. The Morgan fingerprint density at radius 1 is 1.42 bits per heavy atom. The second kappa shape index (κ2) is 6.38. The maximum atomic E-state index is 12.3. The Hall–Kier alpha value is -1.09. The van der Waals surface area contributed by atoms with Gasteiger partial charge in [0.05, 0.1) is 15.5 Å². The summed E-state index contributed by atoms with van der Waals surface area (Å²) in [5.41, 5.74) is 0.269. The third-order valence-electron chi connectivity index (χ3n) is 2.79. The minimum atomic E-state index is -3.54. The van der Waals surface area contributed by atoms with Gasteiger partial charge < -0.3 is 0 Å². The van der Waals surface area contributed by atoms with Crippen molar-refractivity contribution in [3.8, 4) is 6.07 Å². The van der Waals surface area contributed by atoms with Crippen LogP contribution >= 0.6 is 11.6 Å². The van der Waals surface area contributed by atoms with Crippen LogP contribution in [-0.2, 0) is 10.0 Å². The van der Waals surface area contributed by atoms with E-state index in [1.807, 2.05) is 19.9 Å². The number of hydrogen-bond acceptors (Lipinski definition) is 3. The van der Waals surface area contributed by atoms with Crippen LogP contribution in [0.3, 0.4) is 0 Å². The summed E-state index contributed by atoms with van der Waals surface area (Å²) in [6, 6.07) is 6.05. The van der Waals surface area contributed by atoms with Crippen molar-refractivity contribution in [3.63, 3.8) is 0 Å². The van der Waals surface area contributed by atoms with E-state index in [2.05, 4.69) is 0 Å². The van der Waals surface area contributed by atoms with Crippen molar-refractivity contribution in [2.45, 2.75) is 25.2 Å². The third-order valence-corrected chi connectivity index (χ3v) is 4.96. The first-order chi connectivity index (χ1) is 8.78. The largest absolute Gasteiger partial charge is 0.242 e. The van der Waals surface area contributed by atoms with E-state index in [1.165, 1.54) is 22.5 Å². The molecule has 1 aromatic rings. The SMILES string of the molecule is CC(C)CCN(C)S(=O)(=O)c1ccc(C#N)c(Cl)c1. The second-order valence-electron chi connectivity index (χ2n) is 4.76. The maximum absolute atomic E-state index is 12.3. The lowest BCUT2D eigenvalue weighted by molar-refractivity contribution is 0.428.